The smallest absolute Gasteiger partial charge is 0.544 e. The van der Waals surface area contributed by atoms with E-state index in [1.165, 1.54) is 0 Å². The van der Waals surface area contributed by atoms with Crippen molar-refractivity contribution in [3.05, 3.63) is 15.3 Å². The minimum Gasteiger partial charge on any atom is -0.544 e. The van der Waals surface area contributed by atoms with Gasteiger partial charge >= 0.3 is 29.6 Å². The van der Waals surface area contributed by atoms with Crippen molar-refractivity contribution in [2.24, 2.45) is 0 Å². The molecule has 0 saturated carbocycles. The maximum absolute atomic E-state index is 10.6. The van der Waals surface area contributed by atoms with Gasteiger partial charge < -0.3 is 9.90 Å². The molecular weight excluding hydrogens is 263 g/mol. The van der Waals surface area contributed by atoms with Crippen LogP contribution in [0.25, 0.3) is 0 Å². The number of rotatable bonds is 2. The molecule has 0 radical (unpaired) electrons. The molecule has 14 heavy (non-hydrogen) atoms. The molecule has 1 rings (SSSR count). The van der Waals surface area contributed by atoms with Crippen molar-refractivity contribution in [2.75, 3.05) is 0 Å². The molecule has 0 aliphatic heterocycles. The molecule has 0 saturated heterocycles. The number of carboxylic acid groups (broad SMARTS) is 1. The first-order valence-electron chi connectivity index (χ1n) is 2.80. The number of aromatic carboxylic acids is 1. The molecule has 0 spiro atoms. The second-order valence-corrected chi connectivity index (χ2v) is 5.08. The summed E-state index contributed by atoms with van der Waals surface area (Å²) in [5.41, 5.74) is 0. The number of carboxylic acids is 1. The molecule has 9 heteroatoms. The molecule has 0 aliphatic carbocycles. The Morgan fingerprint density at radius 1 is 1.57 bits per heavy atom. The van der Waals surface area contributed by atoms with Gasteiger partial charge in [0.15, 0.2) is 0 Å². The van der Waals surface area contributed by atoms with Crippen molar-refractivity contribution in [1.29, 1.82) is 0 Å². The Hall–Kier alpha value is 0.370. The number of hydrogen-bond acceptors (Lipinski definition) is 5. The first-order chi connectivity index (χ1) is 5.82. The number of carbonyl (C=O) groups excluding carboxylic acids is 1. The molecule has 0 aromatic carbocycles. The Kier molecular flexibility index (Phi) is 5.06. The third-order valence-corrected chi connectivity index (χ3v) is 3.38. The molecule has 0 unspecified atom stereocenters. The monoisotopic (exact) mass is 264 g/mol. The van der Waals surface area contributed by atoms with Gasteiger partial charge in [-0.25, -0.2) is 0 Å². The summed E-state index contributed by atoms with van der Waals surface area (Å²) in [6.45, 7) is 0. The largest absolute Gasteiger partial charge is 1.00 e. The molecule has 5 nitrogen and oxygen atoms in total. The first kappa shape index (κ1) is 14.4. The zero-order chi connectivity index (χ0) is 10.2. The molecule has 0 atom stereocenters. The molecule has 72 valence electrons. The Morgan fingerprint density at radius 2 is 2.07 bits per heavy atom. The minimum absolute atomic E-state index is 0. The van der Waals surface area contributed by atoms with Crippen molar-refractivity contribution < 1.29 is 52.4 Å². The number of thiophene rings is 1. The molecule has 1 heterocycles. The first-order valence-corrected chi connectivity index (χ1v) is 5.44. The van der Waals surface area contributed by atoms with Crippen LogP contribution in [0.3, 0.4) is 0 Å². The minimum atomic E-state index is -4.55. The number of hydrogen-bond donors (Lipinski definition) is 1. The van der Waals surface area contributed by atoms with Gasteiger partial charge in [-0.05, 0) is 6.07 Å². The van der Waals surface area contributed by atoms with Crippen molar-refractivity contribution in [1.82, 2.24) is 0 Å². The van der Waals surface area contributed by atoms with E-state index in [2.05, 4.69) is 0 Å². The van der Waals surface area contributed by atoms with Crippen molar-refractivity contribution in [3.8, 4) is 0 Å². The summed E-state index contributed by atoms with van der Waals surface area (Å²) >= 11 is 5.88. The SMILES string of the molecule is O=C([O-])c1sc(Cl)cc1S(=O)(=O)O.[Na+]. The van der Waals surface area contributed by atoms with E-state index < -0.39 is 25.9 Å². The number of halogens is 1. The average Bonchev–Trinajstić information content (AvgIpc) is 2.29. The van der Waals surface area contributed by atoms with Crippen LogP contribution in [-0.4, -0.2) is 18.9 Å². The van der Waals surface area contributed by atoms with E-state index in [4.69, 9.17) is 16.2 Å². The van der Waals surface area contributed by atoms with Crippen LogP contribution in [0.5, 0.6) is 0 Å². The molecule has 1 N–H and O–H groups in total. The van der Waals surface area contributed by atoms with Crippen LogP contribution >= 0.6 is 22.9 Å². The van der Waals surface area contributed by atoms with Gasteiger partial charge in [0.05, 0.1) is 15.2 Å². The van der Waals surface area contributed by atoms with E-state index in [0.29, 0.717) is 11.3 Å². The predicted octanol–water partition coefficient (Wildman–Crippen LogP) is -2.98. The second kappa shape index (κ2) is 4.93. The van der Waals surface area contributed by atoms with E-state index in [1.54, 1.807) is 0 Å². The normalized spacial score (nSPS) is 10.7. The van der Waals surface area contributed by atoms with Crippen LogP contribution in [0.1, 0.15) is 9.67 Å². The Labute approximate surface area is 111 Å². The molecule has 0 aliphatic rings. The average molecular weight is 265 g/mol. The van der Waals surface area contributed by atoms with E-state index in [-0.39, 0.29) is 33.9 Å². The van der Waals surface area contributed by atoms with Gasteiger partial charge in [-0.15, -0.1) is 11.3 Å². The number of carbonyl (C=O) groups is 1. The fourth-order valence-electron chi connectivity index (χ4n) is 0.680. The zero-order valence-corrected chi connectivity index (χ0v) is 11.2. The summed E-state index contributed by atoms with van der Waals surface area (Å²) in [5.74, 6) is -1.69. The summed E-state index contributed by atoms with van der Waals surface area (Å²) in [4.78, 5) is 9.01. The van der Waals surface area contributed by atoms with Gasteiger partial charge in [-0.1, -0.05) is 11.6 Å². The summed E-state index contributed by atoms with van der Waals surface area (Å²) < 4.78 is 29.7. The fraction of sp³-hybridized carbons (Fsp3) is 0. The van der Waals surface area contributed by atoms with Crippen molar-refractivity contribution in [3.63, 3.8) is 0 Å². The molecule has 0 amide bonds. The molecule has 1 aromatic rings. The summed E-state index contributed by atoms with van der Waals surface area (Å²) in [7, 11) is -4.55. The van der Waals surface area contributed by atoms with Crippen LogP contribution in [0.15, 0.2) is 11.0 Å². The van der Waals surface area contributed by atoms with Gasteiger partial charge in [0.2, 0.25) is 0 Å². The van der Waals surface area contributed by atoms with Crippen LogP contribution in [0, 0.1) is 0 Å². The van der Waals surface area contributed by atoms with Crippen LogP contribution < -0.4 is 34.7 Å². The molecular formula is C5H2ClNaO5S2. The molecule has 0 fully saturated rings. The zero-order valence-electron chi connectivity index (χ0n) is 6.85. The van der Waals surface area contributed by atoms with E-state index >= 15 is 0 Å². The fourth-order valence-corrected chi connectivity index (χ4v) is 2.80. The Bertz CT molecular complexity index is 451. The van der Waals surface area contributed by atoms with Gasteiger partial charge in [-0.3, -0.25) is 4.55 Å². The van der Waals surface area contributed by atoms with Crippen LogP contribution in [-0.2, 0) is 10.1 Å². The van der Waals surface area contributed by atoms with Gasteiger partial charge in [0, 0.05) is 0 Å². The van der Waals surface area contributed by atoms with E-state index in [0.717, 1.165) is 6.07 Å². The van der Waals surface area contributed by atoms with E-state index in [1.807, 2.05) is 0 Å². The van der Waals surface area contributed by atoms with Gasteiger partial charge in [0.1, 0.15) is 4.90 Å². The molecule has 0 bridgehead atoms. The Balaban J connectivity index is 0.00000169. The third kappa shape index (κ3) is 3.20. The van der Waals surface area contributed by atoms with Gasteiger partial charge in [0.25, 0.3) is 10.1 Å². The summed E-state index contributed by atoms with van der Waals surface area (Å²) in [6.07, 6.45) is 0. The van der Waals surface area contributed by atoms with Gasteiger partial charge in [-0.2, -0.15) is 8.42 Å². The summed E-state index contributed by atoms with van der Waals surface area (Å²) in [5, 5.41) is 10.3. The second-order valence-electron chi connectivity index (χ2n) is 2.01. The maximum atomic E-state index is 10.6. The topological polar surface area (TPSA) is 94.5 Å². The quantitative estimate of drug-likeness (QED) is 0.454. The van der Waals surface area contributed by atoms with E-state index in [9.17, 15) is 18.3 Å². The summed E-state index contributed by atoms with van der Waals surface area (Å²) in [6, 6.07) is 0.854. The maximum Gasteiger partial charge on any atom is 1.00 e. The Morgan fingerprint density at radius 3 is 2.36 bits per heavy atom. The van der Waals surface area contributed by atoms with Crippen molar-refractivity contribution in [2.45, 2.75) is 4.90 Å². The predicted molar refractivity (Wildman–Crippen MR) is 43.5 cm³/mol. The molecule has 1 aromatic heterocycles. The van der Waals surface area contributed by atoms with Crippen molar-refractivity contribution >= 4 is 39.0 Å². The van der Waals surface area contributed by atoms with Crippen LogP contribution in [0.2, 0.25) is 4.34 Å². The van der Waals surface area contributed by atoms with Crippen LogP contribution in [0.4, 0.5) is 0 Å². The standard InChI is InChI=1S/C5H3ClO5S2.Na/c6-3-1-2(13(9,10)11)4(12-3)5(7)8;/h1H,(H,7,8)(H,9,10,11);/q;+1/p-1. The third-order valence-electron chi connectivity index (χ3n) is 1.13.